The summed E-state index contributed by atoms with van der Waals surface area (Å²) < 4.78 is 0. The number of nitrogens with two attached hydrogens (primary N) is 1. The van der Waals surface area contributed by atoms with E-state index >= 15 is 0 Å². The van der Waals surface area contributed by atoms with E-state index in [0.717, 1.165) is 12.8 Å². The molecule has 1 saturated heterocycles. The number of hydrogen-bond donors (Lipinski definition) is 2. The van der Waals surface area contributed by atoms with Gasteiger partial charge in [-0.25, -0.2) is 0 Å². The summed E-state index contributed by atoms with van der Waals surface area (Å²) in [5.41, 5.74) is 5.86. The summed E-state index contributed by atoms with van der Waals surface area (Å²) in [7, 11) is 0. The van der Waals surface area contributed by atoms with Crippen LogP contribution in [0.5, 0.6) is 0 Å². The molecule has 1 saturated carbocycles. The minimum absolute atomic E-state index is 0.0315. The lowest BCUT2D eigenvalue weighted by Crippen LogP contribution is -2.40. The minimum Gasteiger partial charge on any atom is -0.354 e. The summed E-state index contributed by atoms with van der Waals surface area (Å²) in [4.78, 5) is 35.3. The molecule has 1 unspecified atom stereocenters. The fourth-order valence-corrected chi connectivity index (χ4v) is 2.10. The zero-order chi connectivity index (χ0) is 13.1. The Hall–Kier alpha value is -1.43. The Bertz CT molecular complexity index is 350. The topological polar surface area (TPSA) is 92.5 Å². The summed E-state index contributed by atoms with van der Waals surface area (Å²) in [5.74, 6) is 0.0376. The number of rotatable bonds is 6. The third-order valence-corrected chi connectivity index (χ3v) is 3.48. The van der Waals surface area contributed by atoms with Crippen molar-refractivity contribution >= 4 is 17.7 Å². The first-order chi connectivity index (χ1) is 8.58. The molecule has 1 aliphatic heterocycles. The van der Waals surface area contributed by atoms with Crippen molar-refractivity contribution in [1.82, 2.24) is 10.2 Å². The molecule has 0 aromatic carbocycles. The van der Waals surface area contributed by atoms with E-state index in [2.05, 4.69) is 5.32 Å². The highest BCUT2D eigenvalue weighted by Gasteiger charge is 2.30. The Morgan fingerprint density at radius 3 is 2.50 bits per heavy atom. The van der Waals surface area contributed by atoms with Crippen molar-refractivity contribution in [3.63, 3.8) is 0 Å². The second-order valence-electron chi connectivity index (χ2n) is 4.99. The quantitative estimate of drug-likeness (QED) is 0.617. The Labute approximate surface area is 106 Å². The van der Waals surface area contributed by atoms with Crippen molar-refractivity contribution in [2.45, 2.75) is 38.1 Å². The Balaban J connectivity index is 1.64. The van der Waals surface area contributed by atoms with Crippen LogP contribution in [-0.4, -0.2) is 41.8 Å². The minimum atomic E-state index is -0.178. The first-order valence-corrected chi connectivity index (χ1v) is 6.43. The van der Waals surface area contributed by atoms with Crippen LogP contribution < -0.4 is 11.1 Å². The van der Waals surface area contributed by atoms with E-state index in [0.29, 0.717) is 12.5 Å². The van der Waals surface area contributed by atoms with Gasteiger partial charge in [-0.05, 0) is 18.8 Å². The van der Waals surface area contributed by atoms with E-state index in [4.69, 9.17) is 5.73 Å². The van der Waals surface area contributed by atoms with Gasteiger partial charge >= 0.3 is 0 Å². The van der Waals surface area contributed by atoms with Gasteiger partial charge in [0, 0.05) is 38.4 Å². The van der Waals surface area contributed by atoms with Gasteiger partial charge in [-0.3, -0.25) is 19.3 Å². The summed E-state index contributed by atoms with van der Waals surface area (Å²) in [6, 6.07) is 0.0315. The van der Waals surface area contributed by atoms with Gasteiger partial charge in [-0.1, -0.05) is 0 Å². The van der Waals surface area contributed by atoms with E-state index < -0.39 is 0 Å². The highest BCUT2D eigenvalue weighted by atomic mass is 16.2. The van der Waals surface area contributed by atoms with Crippen LogP contribution in [0, 0.1) is 5.92 Å². The zero-order valence-corrected chi connectivity index (χ0v) is 10.4. The third-order valence-electron chi connectivity index (χ3n) is 3.48. The van der Waals surface area contributed by atoms with Gasteiger partial charge in [0.1, 0.15) is 0 Å². The van der Waals surface area contributed by atoms with Crippen LogP contribution in [0.15, 0.2) is 0 Å². The van der Waals surface area contributed by atoms with Gasteiger partial charge < -0.3 is 11.1 Å². The predicted molar refractivity (Wildman–Crippen MR) is 64.3 cm³/mol. The van der Waals surface area contributed by atoms with E-state index in [1.165, 1.54) is 4.90 Å². The molecule has 100 valence electrons. The molecule has 6 heteroatoms. The van der Waals surface area contributed by atoms with E-state index in [-0.39, 0.29) is 49.6 Å². The molecule has 3 N–H and O–H groups in total. The van der Waals surface area contributed by atoms with Gasteiger partial charge in [-0.2, -0.15) is 0 Å². The molecular weight excluding hydrogens is 234 g/mol. The molecule has 0 spiro atoms. The average Bonchev–Trinajstić information content (AvgIpc) is 3.13. The number of carbonyl (C=O) groups excluding carboxylic acids is 3. The second kappa shape index (κ2) is 5.48. The lowest BCUT2D eigenvalue weighted by molar-refractivity contribution is -0.138. The maximum absolute atomic E-state index is 11.5. The maximum atomic E-state index is 11.5. The largest absolute Gasteiger partial charge is 0.354 e. The molecule has 0 bridgehead atoms. The van der Waals surface area contributed by atoms with Crippen molar-refractivity contribution in [3.05, 3.63) is 0 Å². The van der Waals surface area contributed by atoms with Gasteiger partial charge in [-0.15, -0.1) is 0 Å². The normalized spacial score (nSPS) is 21.3. The molecule has 2 rings (SSSR count). The van der Waals surface area contributed by atoms with Gasteiger partial charge in [0.25, 0.3) is 0 Å². The van der Waals surface area contributed by atoms with Crippen molar-refractivity contribution in [2.24, 2.45) is 11.7 Å². The number of imide groups is 1. The second-order valence-corrected chi connectivity index (χ2v) is 4.99. The predicted octanol–water partition coefficient (Wildman–Crippen LogP) is -0.621. The van der Waals surface area contributed by atoms with Gasteiger partial charge in [0.2, 0.25) is 17.7 Å². The molecule has 0 aromatic rings. The highest BCUT2D eigenvalue weighted by molar-refractivity contribution is 6.02. The molecule has 0 aromatic heterocycles. The molecular formula is C12H19N3O3. The monoisotopic (exact) mass is 253 g/mol. The molecule has 2 aliphatic rings. The van der Waals surface area contributed by atoms with E-state index in [1.807, 2.05) is 0 Å². The van der Waals surface area contributed by atoms with Crippen LogP contribution in [0.3, 0.4) is 0 Å². The lowest BCUT2D eigenvalue weighted by Gasteiger charge is -2.15. The average molecular weight is 253 g/mol. The highest BCUT2D eigenvalue weighted by Crippen LogP contribution is 2.31. The van der Waals surface area contributed by atoms with Crippen molar-refractivity contribution in [1.29, 1.82) is 0 Å². The molecule has 3 amide bonds. The van der Waals surface area contributed by atoms with Crippen LogP contribution in [-0.2, 0) is 14.4 Å². The molecule has 0 radical (unpaired) electrons. The number of nitrogens with zero attached hydrogens (tertiary/aromatic N) is 1. The Kier molecular flexibility index (Phi) is 3.96. The number of amides is 3. The van der Waals surface area contributed by atoms with Crippen LogP contribution in [0.2, 0.25) is 0 Å². The standard InChI is InChI=1S/C12H19N3O3/c13-9(8-1-2-8)7-14-10(16)5-6-15-11(17)3-4-12(15)18/h8-9H,1-7,13H2,(H,14,16). The summed E-state index contributed by atoms with van der Waals surface area (Å²) >= 11 is 0. The van der Waals surface area contributed by atoms with Crippen LogP contribution in [0.1, 0.15) is 32.1 Å². The number of nitrogens with one attached hydrogen (secondary N) is 1. The first kappa shape index (κ1) is 13.0. The summed E-state index contributed by atoms with van der Waals surface area (Å²) in [6.45, 7) is 0.660. The van der Waals surface area contributed by atoms with E-state index in [1.54, 1.807) is 0 Å². The van der Waals surface area contributed by atoms with Crippen molar-refractivity contribution in [3.8, 4) is 0 Å². The zero-order valence-electron chi connectivity index (χ0n) is 10.4. The number of carbonyl (C=O) groups is 3. The lowest BCUT2D eigenvalue weighted by atomic mass is 10.2. The summed E-state index contributed by atoms with van der Waals surface area (Å²) in [5, 5.41) is 2.74. The SMILES string of the molecule is NC(CNC(=O)CCN1C(=O)CCC1=O)C1CC1. The van der Waals surface area contributed by atoms with E-state index in [9.17, 15) is 14.4 Å². The van der Waals surface area contributed by atoms with Crippen LogP contribution >= 0.6 is 0 Å². The maximum Gasteiger partial charge on any atom is 0.229 e. The molecule has 1 heterocycles. The molecule has 18 heavy (non-hydrogen) atoms. The van der Waals surface area contributed by atoms with Gasteiger partial charge in [0.15, 0.2) is 0 Å². The molecule has 1 atom stereocenters. The fourth-order valence-electron chi connectivity index (χ4n) is 2.10. The number of likely N-dealkylation sites (tertiary alicyclic amines) is 1. The Morgan fingerprint density at radius 2 is 1.94 bits per heavy atom. The third kappa shape index (κ3) is 3.29. The number of hydrogen-bond acceptors (Lipinski definition) is 4. The fraction of sp³-hybridized carbons (Fsp3) is 0.750. The molecule has 2 fully saturated rings. The molecule has 6 nitrogen and oxygen atoms in total. The van der Waals surface area contributed by atoms with Crippen molar-refractivity contribution < 1.29 is 14.4 Å². The van der Waals surface area contributed by atoms with Crippen molar-refractivity contribution in [2.75, 3.05) is 13.1 Å². The smallest absolute Gasteiger partial charge is 0.229 e. The first-order valence-electron chi connectivity index (χ1n) is 6.43. The van der Waals surface area contributed by atoms with Gasteiger partial charge in [0.05, 0.1) is 0 Å². The van der Waals surface area contributed by atoms with Crippen LogP contribution in [0.25, 0.3) is 0 Å². The van der Waals surface area contributed by atoms with Crippen LogP contribution in [0.4, 0.5) is 0 Å². The summed E-state index contributed by atoms with van der Waals surface area (Å²) in [6.07, 6.45) is 3.00. The molecule has 1 aliphatic carbocycles. The Morgan fingerprint density at radius 1 is 1.33 bits per heavy atom.